The van der Waals surface area contributed by atoms with Crippen LogP contribution in [0.2, 0.25) is 0 Å². The fourth-order valence-electron chi connectivity index (χ4n) is 4.91. The van der Waals surface area contributed by atoms with E-state index in [2.05, 4.69) is 36.4 Å². The van der Waals surface area contributed by atoms with E-state index in [1.54, 1.807) is 14.2 Å². The molecule has 2 aromatic heterocycles. The maximum absolute atomic E-state index is 6.30. The molecular formula is C28H18O4. The van der Waals surface area contributed by atoms with Gasteiger partial charge < -0.3 is 18.3 Å². The summed E-state index contributed by atoms with van der Waals surface area (Å²) in [6, 6.07) is 24.7. The third-order valence-corrected chi connectivity index (χ3v) is 6.44. The number of hydrogen-bond acceptors (Lipinski definition) is 4. The molecule has 154 valence electrons. The van der Waals surface area contributed by atoms with Gasteiger partial charge in [0.2, 0.25) is 0 Å². The van der Waals surface area contributed by atoms with Gasteiger partial charge in [0.05, 0.1) is 14.2 Å². The van der Waals surface area contributed by atoms with Crippen LogP contribution in [0.5, 0.6) is 11.5 Å². The summed E-state index contributed by atoms with van der Waals surface area (Å²) >= 11 is 0. The summed E-state index contributed by atoms with van der Waals surface area (Å²) in [5.41, 5.74) is 3.43. The lowest BCUT2D eigenvalue weighted by Gasteiger charge is -2.03. The van der Waals surface area contributed by atoms with Gasteiger partial charge in [0.1, 0.15) is 33.8 Å². The molecular weight excluding hydrogens is 400 g/mol. The van der Waals surface area contributed by atoms with Gasteiger partial charge in [-0.2, -0.15) is 0 Å². The first-order chi connectivity index (χ1) is 15.7. The van der Waals surface area contributed by atoms with Crippen molar-refractivity contribution in [1.29, 1.82) is 0 Å². The van der Waals surface area contributed by atoms with E-state index < -0.39 is 0 Å². The van der Waals surface area contributed by atoms with Crippen LogP contribution in [0.3, 0.4) is 0 Å². The zero-order valence-electron chi connectivity index (χ0n) is 17.6. The maximum Gasteiger partial charge on any atom is 0.136 e. The monoisotopic (exact) mass is 418 g/mol. The van der Waals surface area contributed by atoms with Gasteiger partial charge in [-0.05, 0) is 82.2 Å². The van der Waals surface area contributed by atoms with Crippen LogP contribution in [0.15, 0.2) is 81.6 Å². The molecule has 0 bridgehead atoms. The van der Waals surface area contributed by atoms with Crippen molar-refractivity contribution in [3.05, 3.63) is 72.8 Å². The highest BCUT2D eigenvalue weighted by Crippen LogP contribution is 2.41. The van der Waals surface area contributed by atoms with E-state index in [1.165, 1.54) is 0 Å². The van der Waals surface area contributed by atoms with E-state index in [0.717, 1.165) is 76.9 Å². The van der Waals surface area contributed by atoms with E-state index in [0.29, 0.717) is 0 Å². The van der Waals surface area contributed by atoms with E-state index in [4.69, 9.17) is 18.3 Å². The Bertz CT molecular complexity index is 1710. The third-order valence-electron chi connectivity index (χ3n) is 6.44. The third kappa shape index (κ3) is 2.26. The first kappa shape index (κ1) is 17.5. The number of furan rings is 2. The van der Waals surface area contributed by atoms with Gasteiger partial charge >= 0.3 is 0 Å². The molecule has 7 aromatic rings. The van der Waals surface area contributed by atoms with Gasteiger partial charge in [-0.1, -0.05) is 12.1 Å². The van der Waals surface area contributed by atoms with Crippen LogP contribution in [0, 0.1) is 0 Å². The molecule has 4 nitrogen and oxygen atoms in total. The summed E-state index contributed by atoms with van der Waals surface area (Å²) in [4.78, 5) is 0. The fraction of sp³-hybridized carbons (Fsp3) is 0.0714. The van der Waals surface area contributed by atoms with Crippen LogP contribution >= 0.6 is 0 Å². The minimum Gasteiger partial charge on any atom is -0.497 e. The summed E-state index contributed by atoms with van der Waals surface area (Å²) in [6.45, 7) is 0. The highest BCUT2D eigenvalue weighted by Gasteiger charge is 2.17. The van der Waals surface area contributed by atoms with Crippen molar-refractivity contribution >= 4 is 65.4 Å². The van der Waals surface area contributed by atoms with Gasteiger partial charge in [-0.25, -0.2) is 0 Å². The van der Waals surface area contributed by atoms with Crippen molar-refractivity contribution in [3.8, 4) is 11.5 Å². The fourth-order valence-corrected chi connectivity index (χ4v) is 4.91. The average molecular weight is 418 g/mol. The summed E-state index contributed by atoms with van der Waals surface area (Å²) in [5.74, 6) is 1.68. The number of fused-ring (bicyclic) bond motifs is 10. The number of ether oxygens (including phenoxy) is 2. The Morgan fingerprint density at radius 3 is 1.38 bits per heavy atom. The zero-order valence-corrected chi connectivity index (χ0v) is 17.6. The summed E-state index contributed by atoms with van der Waals surface area (Å²) in [7, 11) is 3.37. The molecule has 0 saturated carbocycles. The van der Waals surface area contributed by atoms with Gasteiger partial charge in [0, 0.05) is 21.5 Å². The smallest absolute Gasteiger partial charge is 0.136 e. The lowest BCUT2D eigenvalue weighted by Crippen LogP contribution is -1.82. The van der Waals surface area contributed by atoms with Crippen LogP contribution in [-0.2, 0) is 0 Å². The van der Waals surface area contributed by atoms with Crippen molar-refractivity contribution in [1.82, 2.24) is 0 Å². The Kier molecular flexibility index (Phi) is 3.37. The van der Waals surface area contributed by atoms with E-state index in [9.17, 15) is 0 Å². The molecule has 0 saturated heterocycles. The second kappa shape index (κ2) is 6.17. The minimum atomic E-state index is 0.841. The molecule has 0 atom stereocenters. The minimum absolute atomic E-state index is 0.841. The standard InChI is InChI=1S/C28H18O4/c1-29-17-5-7-19-15(11-17)3-9-23-27(19)21-13-26-22(14-25(21)31-23)28-20-8-6-18(30-2)12-16(20)4-10-24(28)32-26/h3-14H,1-2H3. The Balaban J connectivity index is 1.59. The second-order valence-electron chi connectivity index (χ2n) is 8.10. The molecule has 0 unspecified atom stereocenters. The molecule has 0 amide bonds. The van der Waals surface area contributed by atoms with Gasteiger partial charge in [0.15, 0.2) is 0 Å². The number of rotatable bonds is 2. The average Bonchev–Trinajstić information content (AvgIpc) is 3.39. The van der Waals surface area contributed by atoms with Crippen LogP contribution in [0.25, 0.3) is 65.4 Å². The predicted molar refractivity (Wildman–Crippen MR) is 129 cm³/mol. The molecule has 0 spiro atoms. The number of hydrogen-bond donors (Lipinski definition) is 0. The van der Waals surface area contributed by atoms with Crippen LogP contribution in [-0.4, -0.2) is 14.2 Å². The van der Waals surface area contributed by atoms with Gasteiger partial charge in [-0.3, -0.25) is 0 Å². The predicted octanol–water partition coefficient (Wildman–Crippen LogP) is 7.81. The van der Waals surface area contributed by atoms with Crippen molar-refractivity contribution in [2.75, 3.05) is 14.2 Å². The van der Waals surface area contributed by atoms with Gasteiger partial charge in [0.25, 0.3) is 0 Å². The lowest BCUT2D eigenvalue weighted by atomic mass is 10.0. The van der Waals surface area contributed by atoms with Crippen molar-refractivity contribution in [2.24, 2.45) is 0 Å². The lowest BCUT2D eigenvalue weighted by molar-refractivity contribution is 0.415. The Morgan fingerprint density at radius 2 is 0.938 bits per heavy atom. The SMILES string of the molecule is COc1ccc2c(ccc3oc4cc5c(cc4c32)oc2ccc3cc(OC)ccc3c25)c1. The molecule has 0 aliphatic rings. The molecule has 7 rings (SSSR count). The molecule has 0 fully saturated rings. The molecule has 2 heterocycles. The molecule has 0 radical (unpaired) electrons. The van der Waals surface area contributed by atoms with Crippen molar-refractivity contribution in [3.63, 3.8) is 0 Å². The molecule has 0 aliphatic carbocycles. The molecule has 4 heteroatoms. The first-order valence-electron chi connectivity index (χ1n) is 10.5. The first-order valence-corrected chi connectivity index (χ1v) is 10.5. The molecule has 0 N–H and O–H groups in total. The number of methoxy groups -OCH3 is 2. The Morgan fingerprint density at radius 1 is 0.469 bits per heavy atom. The van der Waals surface area contributed by atoms with Gasteiger partial charge in [-0.15, -0.1) is 0 Å². The molecule has 5 aromatic carbocycles. The van der Waals surface area contributed by atoms with Crippen molar-refractivity contribution in [2.45, 2.75) is 0 Å². The largest absolute Gasteiger partial charge is 0.497 e. The maximum atomic E-state index is 6.30. The van der Waals surface area contributed by atoms with E-state index in [-0.39, 0.29) is 0 Å². The van der Waals surface area contributed by atoms with E-state index in [1.807, 2.05) is 36.4 Å². The normalized spacial score (nSPS) is 12.1. The highest BCUT2D eigenvalue weighted by atomic mass is 16.5. The zero-order chi connectivity index (χ0) is 21.4. The highest BCUT2D eigenvalue weighted by molar-refractivity contribution is 6.25. The Hall–Kier alpha value is -4.18. The van der Waals surface area contributed by atoms with Crippen LogP contribution < -0.4 is 9.47 Å². The molecule has 32 heavy (non-hydrogen) atoms. The molecule has 0 aliphatic heterocycles. The van der Waals surface area contributed by atoms with Crippen LogP contribution in [0.1, 0.15) is 0 Å². The summed E-state index contributed by atoms with van der Waals surface area (Å²) < 4.78 is 23.4. The van der Waals surface area contributed by atoms with E-state index >= 15 is 0 Å². The topological polar surface area (TPSA) is 44.7 Å². The van der Waals surface area contributed by atoms with Crippen LogP contribution in [0.4, 0.5) is 0 Å². The second-order valence-corrected chi connectivity index (χ2v) is 8.10. The number of benzene rings is 5. The quantitative estimate of drug-likeness (QED) is 0.287. The van der Waals surface area contributed by atoms with Crippen molar-refractivity contribution < 1.29 is 18.3 Å². The Labute approximate surface area is 182 Å². The summed E-state index contributed by atoms with van der Waals surface area (Å²) in [5, 5.41) is 8.79. The summed E-state index contributed by atoms with van der Waals surface area (Å²) in [6.07, 6.45) is 0.